The fraction of sp³-hybridized carbons (Fsp3) is 0.250. The van der Waals surface area contributed by atoms with Gasteiger partial charge in [0, 0.05) is 6.54 Å². The summed E-state index contributed by atoms with van der Waals surface area (Å²) in [5.41, 5.74) is 1.13. The van der Waals surface area contributed by atoms with E-state index in [2.05, 4.69) is 5.32 Å². The molecule has 2 nitrogen and oxygen atoms in total. The van der Waals surface area contributed by atoms with Crippen LogP contribution in [0.3, 0.4) is 0 Å². The standard InChI is InChI=1S/C16H17F2NO/c1-2-10-20-13-8-6-12(7-9-13)11-19-15-5-3-4-14(17)16(15)18/h3-9,19H,2,10-11H2,1H3. The maximum atomic E-state index is 13.5. The Kier molecular flexibility index (Phi) is 4.93. The molecule has 0 saturated carbocycles. The van der Waals surface area contributed by atoms with Crippen LogP contribution >= 0.6 is 0 Å². The van der Waals surface area contributed by atoms with Crippen molar-refractivity contribution in [2.75, 3.05) is 11.9 Å². The maximum absolute atomic E-state index is 13.5. The highest BCUT2D eigenvalue weighted by molar-refractivity contribution is 5.45. The third-order valence-electron chi connectivity index (χ3n) is 2.83. The van der Waals surface area contributed by atoms with E-state index in [1.807, 2.05) is 31.2 Å². The lowest BCUT2D eigenvalue weighted by atomic mass is 10.2. The molecule has 0 atom stereocenters. The van der Waals surface area contributed by atoms with Crippen molar-refractivity contribution in [1.82, 2.24) is 0 Å². The minimum absolute atomic E-state index is 0.163. The molecular formula is C16H17F2NO. The topological polar surface area (TPSA) is 21.3 Å². The second kappa shape index (κ2) is 6.89. The van der Waals surface area contributed by atoms with Gasteiger partial charge in [0.05, 0.1) is 12.3 Å². The van der Waals surface area contributed by atoms with Crippen LogP contribution in [0.15, 0.2) is 42.5 Å². The summed E-state index contributed by atoms with van der Waals surface area (Å²) in [4.78, 5) is 0. The van der Waals surface area contributed by atoms with Gasteiger partial charge in [0.2, 0.25) is 0 Å². The molecule has 0 aromatic heterocycles. The second-order valence-corrected chi connectivity index (χ2v) is 4.45. The lowest BCUT2D eigenvalue weighted by Crippen LogP contribution is -2.02. The number of hydrogen-bond acceptors (Lipinski definition) is 2. The second-order valence-electron chi connectivity index (χ2n) is 4.45. The number of rotatable bonds is 6. The molecule has 0 saturated heterocycles. The van der Waals surface area contributed by atoms with Gasteiger partial charge < -0.3 is 10.1 Å². The molecule has 2 rings (SSSR count). The Morgan fingerprint density at radius 3 is 2.50 bits per heavy atom. The van der Waals surface area contributed by atoms with Gasteiger partial charge in [0.15, 0.2) is 11.6 Å². The molecule has 0 aliphatic heterocycles. The van der Waals surface area contributed by atoms with Crippen molar-refractivity contribution in [1.29, 1.82) is 0 Å². The summed E-state index contributed by atoms with van der Waals surface area (Å²) >= 11 is 0. The maximum Gasteiger partial charge on any atom is 0.181 e. The first-order chi connectivity index (χ1) is 9.70. The predicted molar refractivity (Wildman–Crippen MR) is 75.9 cm³/mol. The third-order valence-corrected chi connectivity index (χ3v) is 2.83. The lowest BCUT2D eigenvalue weighted by Gasteiger charge is -2.09. The first-order valence-corrected chi connectivity index (χ1v) is 6.60. The molecule has 106 valence electrons. The first-order valence-electron chi connectivity index (χ1n) is 6.60. The highest BCUT2D eigenvalue weighted by atomic mass is 19.2. The molecule has 0 bridgehead atoms. The number of benzene rings is 2. The van der Waals surface area contributed by atoms with Crippen molar-refractivity contribution in [2.45, 2.75) is 19.9 Å². The third kappa shape index (κ3) is 3.70. The average Bonchev–Trinajstić information content (AvgIpc) is 2.48. The van der Waals surface area contributed by atoms with Gasteiger partial charge >= 0.3 is 0 Å². The van der Waals surface area contributed by atoms with Gasteiger partial charge in [-0.05, 0) is 36.2 Å². The van der Waals surface area contributed by atoms with Crippen LogP contribution in [-0.4, -0.2) is 6.61 Å². The Morgan fingerprint density at radius 2 is 1.80 bits per heavy atom. The van der Waals surface area contributed by atoms with E-state index in [0.717, 1.165) is 23.8 Å². The van der Waals surface area contributed by atoms with Gasteiger partial charge in [-0.3, -0.25) is 0 Å². The van der Waals surface area contributed by atoms with Crippen LogP contribution in [0.5, 0.6) is 5.75 Å². The summed E-state index contributed by atoms with van der Waals surface area (Å²) in [6, 6.07) is 11.6. The van der Waals surface area contributed by atoms with Crippen molar-refractivity contribution < 1.29 is 13.5 Å². The van der Waals surface area contributed by atoms with Crippen LogP contribution in [-0.2, 0) is 6.54 Å². The number of hydrogen-bond donors (Lipinski definition) is 1. The number of halogens is 2. The Bertz CT molecular complexity index is 555. The molecule has 0 unspecified atom stereocenters. The van der Waals surface area contributed by atoms with E-state index in [4.69, 9.17) is 4.74 Å². The van der Waals surface area contributed by atoms with Crippen LogP contribution in [0, 0.1) is 11.6 Å². The first kappa shape index (κ1) is 14.3. The number of nitrogens with one attached hydrogen (secondary N) is 1. The monoisotopic (exact) mass is 277 g/mol. The minimum Gasteiger partial charge on any atom is -0.494 e. The molecule has 0 aliphatic rings. The molecule has 4 heteroatoms. The quantitative estimate of drug-likeness (QED) is 0.846. The summed E-state index contributed by atoms with van der Waals surface area (Å²) in [7, 11) is 0. The molecular weight excluding hydrogens is 260 g/mol. The fourth-order valence-electron chi connectivity index (χ4n) is 1.76. The van der Waals surface area contributed by atoms with Crippen molar-refractivity contribution in [3.63, 3.8) is 0 Å². The molecule has 0 amide bonds. The normalized spacial score (nSPS) is 10.3. The highest BCUT2D eigenvalue weighted by Crippen LogP contribution is 2.18. The minimum atomic E-state index is -0.851. The Hall–Kier alpha value is -2.10. The van der Waals surface area contributed by atoms with Gasteiger partial charge in [-0.15, -0.1) is 0 Å². The summed E-state index contributed by atoms with van der Waals surface area (Å²) in [6.45, 7) is 3.16. The van der Waals surface area contributed by atoms with Gasteiger partial charge in [0.25, 0.3) is 0 Å². The molecule has 20 heavy (non-hydrogen) atoms. The zero-order valence-electron chi connectivity index (χ0n) is 11.3. The summed E-state index contributed by atoms with van der Waals surface area (Å²) < 4.78 is 32.0. The zero-order valence-corrected chi connectivity index (χ0v) is 11.3. The van der Waals surface area contributed by atoms with Crippen LogP contribution < -0.4 is 10.1 Å². The van der Waals surface area contributed by atoms with Crippen molar-refractivity contribution >= 4 is 5.69 Å². The van der Waals surface area contributed by atoms with Crippen LogP contribution in [0.1, 0.15) is 18.9 Å². The van der Waals surface area contributed by atoms with Gasteiger partial charge in [-0.1, -0.05) is 25.1 Å². The zero-order chi connectivity index (χ0) is 14.4. The lowest BCUT2D eigenvalue weighted by molar-refractivity contribution is 0.317. The van der Waals surface area contributed by atoms with E-state index in [1.165, 1.54) is 12.1 Å². The van der Waals surface area contributed by atoms with Crippen molar-refractivity contribution in [3.05, 3.63) is 59.7 Å². The van der Waals surface area contributed by atoms with E-state index in [9.17, 15) is 8.78 Å². The molecule has 2 aromatic carbocycles. The van der Waals surface area contributed by atoms with Crippen LogP contribution in [0.2, 0.25) is 0 Å². The molecule has 0 heterocycles. The van der Waals surface area contributed by atoms with E-state index >= 15 is 0 Å². The Labute approximate surface area is 117 Å². The van der Waals surface area contributed by atoms with Gasteiger partial charge in [0.1, 0.15) is 5.75 Å². The largest absolute Gasteiger partial charge is 0.494 e. The highest BCUT2D eigenvalue weighted by Gasteiger charge is 2.06. The molecule has 0 fully saturated rings. The summed E-state index contributed by atoms with van der Waals surface area (Å²) in [6.07, 6.45) is 0.960. The molecule has 1 N–H and O–H groups in total. The molecule has 0 aliphatic carbocycles. The number of anilines is 1. The van der Waals surface area contributed by atoms with E-state index in [1.54, 1.807) is 0 Å². The smallest absolute Gasteiger partial charge is 0.181 e. The predicted octanol–water partition coefficient (Wildman–Crippen LogP) is 4.37. The summed E-state index contributed by atoms with van der Waals surface area (Å²) in [5.74, 6) is -0.888. The van der Waals surface area contributed by atoms with E-state index in [-0.39, 0.29) is 5.69 Å². The molecule has 2 aromatic rings. The molecule has 0 radical (unpaired) electrons. The average molecular weight is 277 g/mol. The van der Waals surface area contributed by atoms with Gasteiger partial charge in [-0.2, -0.15) is 0 Å². The van der Waals surface area contributed by atoms with Gasteiger partial charge in [-0.25, -0.2) is 8.78 Å². The van der Waals surface area contributed by atoms with E-state index < -0.39 is 11.6 Å². The van der Waals surface area contributed by atoms with Crippen LogP contribution in [0.25, 0.3) is 0 Å². The van der Waals surface area contributed by atoms with Crippen molar-refractivity contribution in [3.8, 4) is 5.75 Å². The van der Waals surface area contributed by atoms with E-state index in [0.29, 0.717) is 13.2 Å². The Balaban J connectivity index is 1.95. The van der Waals surface area contributed by atoms with Crippen molar-refractivity contribution in [2.24, 2.45) is 0 Å². The summed E-state index contributed by atoms with van der Waals surface area (Å²) in [5, 5.41) is 2.88. The molecule has 0 spiro atoms. The fourth-order valence-corrected chi connectivity index (χ4v) is 1.76. The Morgan fingerprint density at radius 1 is 1.05 bits per heavy atom. The number of ether oxygens (including phenoxy) is 1. The SMILES string of the molecule is CCCOc1ccc(CNc2cccc(F)c2F)cc1. The van der Waals surface area contributed by atoms with Crippen LogP contribution in [0.4, 0.5) is 14.5 Å².